The zero-order chi connectivity index (χ0) is 16.1. The minimum Gasteiger partial charge on any atom is -0.406 e. The van der Waals surface area contributed by atoms with Gasteiger partial charge in [0.05, 0.1) is 23.8 Å². The molecular formula is C15H15F3N4O. The van der Waals surface area contributed by atoms with E-state index in [0.717, 1.165) is 31.9 Å². The highest BCUT2D eigenvalue weighted by molar-refractivity contribution is 5.50. The number of aromatic nitrogens is 2. The molecule has 1 aromatic heterocycles. The van der Waals surface area contributed by atoms with E-state index < -0.39 is 6.36 Å². The molecule has 2 aliphatic heterocycles. The molecular weight excluding hydrogens is 309 g/mol. The van der Waals surface area contributed by atoms with Crippen LogP contribution < -0.4 is 15.0 Å². The van der Waals surface area contributed by atoms with Crippen molar-refractivity contribution in [3.63, 3.8) is 0 Å². The highest BCUT2D eigenvalue weighted by atomic mass is 19.4. The zero-order valence-electron chi connectivity index (χ0n) is 12.2. The number of hydrogen-bond acceptors (Lipinski definition) is 4. The third-order valence-electron chi connectivity index (χ3n) is 4.32. The number of rotatable bonds is 3. The Hall–Kier alpha value is -2.22. The Balaban J connectivity index is 1.44. The standard InChI is InChI=1S/C15H15F3N4O/c16-15(17,18)23-13-3-1-11(2-4-13)22-6-12(5-20-22)21-9-14(10-21)7-19-8-14/h1-6,19H,7-10H2. The molecule has 0 bridgehead atoms. The molecule has 3 heterocycles. The fraction of sp³-hybridized carbons (Fsp3) is 0.400. The molecule has 4 rings (SSSR count). The van der Waals surface area contributed by atoms with E-state index in [4.69, 9.17) is 0 Å². The molecule has 2 aliphatic rings. The highest BCUT2D eigenvalue weighted by Crippen LogP contribution is 2.37. The molecule has 2 saturated heterocycles. The van der Waals surface area contributed by atoms with Gasteiger partial charge >= 0.3 is 6.36 Å². The largest absolute Gasteiger partial charge is 0.573 e. The second kappa shape index (κ2) is 4.89. The van der Waals surface area contributed by atoms with Crippen molar-refractivity contribution in [2.45, 2.75) is 6.36 Å². The summed E-state index contributed by atoms with van der Waals surface area (Å²) in [6.45, 7) is 4.17. The number of benzene rings is 1. The predicted octanol–water partition coefficient (Wildman–Crippen LogP) is 2.18. The second-order valence-electron chi connectivity index (χ2n) is 6.14. The van der Waals surface area contributed by atoms with Gasteiger partial charge in [0.1, 0.15) is 5.75 Å². The molecule has 1 N–H and O–H groups in total. The van der Waals surface area contributed by atoms with Crippen LogP contribution in [0.15, 0.2) is 36.7 Å². The molecule has 8 heteroatoms. The lowest BCUT2D eigenvalue weighted by molar-refractivity contribution is -0.274. The van der Waals surface area contributed by atoms with Crippen molar-refractivity contribution in [1.82, 2.24) is 15.1 Å². The van der Waals surface area contributed by atoms with Crippen LogP contribution in [-0.2, 0) is 0 Å². The molecule has 23 heavy (non-hydrogen) atoms. The van der Waals surface area contributed by atoms with E-state index in [0.29, 0.717) is 11.1 Å². The van der Waals surface area contributed by atoms with Crippen LogP contribution in [0, 0.1) is 5.41 Å². The lowest BCUT2D eigenvalue weighted by Crippen LogP contribution is -2.71. The molecule has 0 radical (unpaired) electrons. The van der Waals surface area contributed by atoms with E-state index in [9.17, 15) is 13.2 Å². The molecule has 0 unspecified atom stereocenters. The molecule has 0 aliphatic carbocycles. The maximum Gasteiger partial charge on any atom is 0.573 e. The number of ether oxygens (including phenoxy) is 1. The van der Waals surface area contributed by atoms with Crippen LogP contribution in [0.1, 0.15) is 0 Å². The fourth-order valence-corrected chi connectivity index (χ4v) is 3.07. The number of anilines is 1. The molecule has 0 atom stereocenters. The maximum absolute atomic E-state index is 12.1. The van der Waals surface area contributed by atoms with Crippen molar-refractivity contribution in [2.24, 2.45) is 5.41 Å². The number of halogens is 3. The molecule has 1 aromatic carbocycles. The van der Waals surface area contributed by atoms with E-state index in [1.54, 1.807) is 23.0 Å². The number of hydrogen-bond donors (Lipinski definition) is 1. The maximum atomic E-state index is 12.1. The van der Waals surface area contributed by atoms with Crippen LogP contribution in [-0.4, -0.2) is 42.3 Å². The van der Waals surface area contributed by atoms with Gasteiger partial charge in [0, 0.05) is 31.6 Å². The van der Waals surface area contributed by atoms with E-state index in [-0.39, 0.29) is 5.75 Å². The fourth-order valence-electron chi connectivity index (χ4n) is 3.07. The summed E-state index contributed by atoms with van der Waals surface area (Å²) < 4.78 is 42.0. The molecule has 0 amide bonds. The van der Waals surface area contributed by atoms with Gasteiger partial charge in [-0.2, -0.15) is 5.10 Å². The first-order chi connectivity index (χ1) is 10.9. The van der Waals surface area contributed by atoms with Gasteiger partial charge in [0.25, 0.3) is 0 Å². The zero-order valence-corrected chi connectivity index (χ0v) is 12.2. The van der Waals surface area contributed by atoms with Crippen LogP contribution in [0.2, 0.25) is 0 Å². The molecule has 2 fully saturated rings. The van der Waals surface area contributed by atoms with Crippen LogP contribution in [0.4, 0.5) is 18.9 Å². The number of nitrogens with zero attached hydrogens (tertiary/aromatic N) is 3. The van der Waals surface area contributed by atoms with Gasteiger partial charge in [-0.05, 0) is 24.3 Å². The van der Waals surface area contributed by atoms with Gasteiger partial charge in [0.2, 0.25) is 0 Å². The van der Waals surface area contributed by atoms with E-state index in [1.165, 1.54) is 12.1 Å². The quantitative estimate of drug-likeness (QED) is 0.940. The monoisotopic (exact) mass is 324 g/mol. The normalized spacial score (nSPS) is 19.3. The van der Waals surface area contributed by atoms with Gasteiger partial charge < -0.3 is 15.0 Å². The van der Waals surface area contributed by atoms with E-state index >= 15 is 0 Å². The summed E-state index contributed by atoms with van der Waals surface area (Å²) in [4.78, 5) is 2.26. The summed E-state index contributed by atoms with van der Waals surface area (Å²) >= 11 is 0. The van der Waals surface area contributed by atoms with E-state index in [1.807, 2.05) is 6.20 Å². The van der Waals surface area contributed by atoms with Crippen molar-refractivity contribution in [2.75, 3.05) is 31.1 Å². The number of alkyl halides is 3. The van der Waals surface area contributed by atoms with Crippen LogP contribution in [0.25, 0.3) is 5.69 Å². The summed E-state index contributed by atoms with van der Waals surface area (Å²) in [5.74, 6) is -0.240. The predicted molar refractivity (Wildman–Crippen MR) is 77.8 cm³/mol. The minimum absolute atomic E-state index is 0.240. The summed E-state index contributed by atoms with van der Waals surface area (Å²) in [5.41, 5.74) is 2.14. The Morgan fingerprint density at radius 3 is 2.35 bits per heavy atom. The Labute approximate surface area is 130 Å². The molecule has 5 nitrogen and oxygen atoms in total. The van der Waals surface area contributed by atoms with Gasteiger partial charge in [-0.15, -0.1) is 13.2 Å². The second-order valence-corrected chi connectivity index (χ2v) is 6.14. The van der Waals surface area contributed by atoms with Crippen molar-refractivity contribution >= 4 is 5.69 Å². The highest BCUT2D eigenvalue weighted by Gasteiger charge is 2.47. The van der Waals surface area contributed by atoms with Crippen molar-refractivity contribution in [1.29, 1.82) is 0 Å². The van der Waals surface area contributed by atoms with Crippen molar-refractivity contribution in [3.8, 4) is 11.4 Å². The average Bonchev–Trinajstić information content (AvgIpc) is 2.84. The summed E-state index contributed by atoms with van der Waals surface area (Å²) in [6.07, 6.45) is -1.01. The third-order valence-corrected chi connectivity index (χ3v) is 4.32. The van der Waals surface area contributed by atoms with Crippen LogP contribution in [0.3, 0.4) is 0 Å². The minimum atomic E-state index is -4.68. The topological polar surface area (TPSA) is 42.3 Å². The van der Waals surface area contributed by atoms with Gasteiger partial charge in [0.15, 0.2) is 0 Å². The lowest BCUT2D eigenvalue weighted by Gasteiger charge is -2.56. The lowest BCUT2D eigenvalue weighted by atomic mass is 9.74. The van der Waals surface area contributed by atoms with Crippen molar-refractivity contribution < 1.29 is 17.9 Å². The van der Waals surface area contributed by atoms with Crippen molar-refractivity contribution in [3.05, 3.63) is 36.7 Å². The summed E-state index contributed by atoms with van der Waals surface area (Å²) in [6, 6.07) is 5.66. The molecule has 2 aromatic rings. The summed E-state index contributed by atoms with van der Waals surface area (Å²) in [7, 11) is 0. The Bertz CT molecular complexity index is 698. The molecule has 122 valence electrons. The summed E-state index contributed by atoms with van der Waals surface area (Å²) in [5, 5.41) is 7.57. The van der Waals surface area contributed by atoms with Gasteiger partial charge in [-0.1, -0.05) is 0 Å². The Morgan fingerprint density at radius 1 is 1.09 bits per heavy atom. The average molecular weight is 324 g/mol. The first-order valence-electron chi connectivity index (χ1n) is 7.29. The van der Waals surface area contributed by atoms with Gasteiger partial charge in [-0.25, -0.2) is 4.68 Å². The SMILES string of the molecule is FC(F)(F)Oc1ccc(-n2cc(N3CC4(CNC4)C3)cn2)cc1. The van der Waals surface area contributed by atoms with Crippen LogP contribution >= 0.6 is 0 Å². The Morgan fingerprint density at radius 2 is 1.78 bits per heavy atom. The van der Waals surface area contributed by atoms with Gasteiger partial charge in [-0.3, -0.25) is 0 Å². The number of nitrogens with one attached hydrogen (secondary N) is 1. The molecule has 0 saturated carbocycles. The Kier molecular flexibility index (Phi) is 3.06. The molecule has 1 spiro atoms. The van der Waals surface area contributed by atoms with Crippen LogP contribution in [0.5, 0.6) is 5.75 Å². The first-order valence-corrected chi connectivity index (χ1v) is 7.29. The van der Waals surface area contributed by atoms with E-state index in [2.05, 4.69) is 20.1 Å². The smallest absolute Gasteiger partial charge is 0.406 e. The third kappa shape index (κ3) is 2.74. The first kappa shape index (κ1) is 14.4.